The first-order chi connectivity index (χ1) is 9.78. The van der Waals surface area contributed by atoms with Crippen molar-refractivity contribution < 1.29 is 19.5 Å². The van der Waals surface area contributed by atoms with Crippen LogP contribution >= 0.6 is 11.8 Å². The van der Waals surface area contributed by atoms with Crippen LogP contribution in [0.4, 0.5) is 4.79 Å². The molecule has 1 heterocycles. The number of carbonyl (C=O) groups is 3. The SMILES string of the molecule is CCC1(C)NC(=O)N(CC(=O)NC(C)C(CO)SC)C1=O. The molecular weight excluding hydrogens is 294 g/mol. The van der Waals surface area contributed by atoms with E-state index < -0.39 is 17.5 Å². The van der Waals surface area contributed by atoms with Gasteiger partial charge >= 0.3 is 6.03 Å². The lowest BCUT2D eigenvalue weighted by molar-refractivity contribution is -0.134. The van der Waals surface area contributed by atoms with Crippen molar-refractivity contribution in [1.82, 2.24) is 15.5 Å². The van der Waals surface area contributed by atoms with Crippen molar-refractivity contribution in [2.45, 2.75) is 44.0 Å². The highest BCUT2D eigenvalue weighted by Gasteiger charge is 2.47. The molecule has 0 bridgehead atoms. The summed E-state index contributed by atoms with van der Waals surface area (Å²) in [7, 11) is 0. The summed E-state index contributed by atoms with van der Waals surface area (Å²) < 4.78 is 0. The van der Waals surface area contributed by atoms with E-state index in [1.807, 2.05) is 6.26 Å². The lowest BCUT2D eigenvalue weighted by atomic mass is 9.99. The molecule has 1 rings (SSSR count). The highest BCUT2D eigenvalue weighted by Crippen LogP contribution is 2.20. The van der Waals surface area contributed by atoms with Gasteiger partial charge in [-0.2, -0.15) is 11.8 Å². The number of aliphatic hydroxyl groups excluding tert-OH is 1. The van der Waals surface area contributed by atoms with Crippen molar-refractivity contribution in [2.75, 3.05) is 19.4 Å². The van der Waals surface area contributed by atoms with Crippen LogP contribution in [-0.4, -0.2) is 64.1 Å². The van der Waals surface area contributed by atoms with Crippen molar-refractivity contribution in [3.8, 4) is 0 Å². The van der Waals surface area contributed by atoms with Crippen LogP contribution in [0.25, 0.3) is 0 Å². The van der Waals surface area contributed by atoms with Gasteiger partial charge in [-0.3, -0.25) is 14.5 Å². The summed E-state index contributed by atoms with van der Waals surface area (Å²) in [6, 6.07) is -0.799. The maximum atomic E-state index is 12.2. The fourth-order valence-corrected chi connectivity index (χ4v) is 2.73. The summed E-state index contributed by atoms with van der Waals surface area (Å²) in [5, 5.41) is 14.3. The number of hydrogen-bond donors (Lipinski definition) is 3. The van der Waals surface area contributed by atoms with Crippen LogP contribution in [0.1, 0.15) is 27.2 Å². The number of imide groups is 1. The molecule has 0 spiro atoms. The molecule has 21 heavy (non-hydrogen) atoms. The van der Waals surface area contributed by atoms with Gasteiger partial charge in [0, 0.05) is 11.3 Å². The Morgan fingerprint density at radius 1 is 1.52 bits per heavy atom. The van der Waals surface area contributed by atoms with Gasteiger partial charge in [0.25, 0.3) is 5.91 Å². The second kappa shape index (κ2) is 7.13. The van der Waals surface area contributed by atoms with E-state index >= 15 is 0 Å². The molecule has 120 valence electrons. The second-order valence-electron chi connectivity index (χ2n) is 5.32. The van der Waals surface area contributed by atoms with Gasteiger partial charge in [0.1, 0.15) is 12.1 Å². The predicted octanol–water partition coefficient (Wildman–Crippen LogP) is -0.0645. The Labute approximate surface area is 128 Å². The molecule has 0 aliphatic carbocycles. The molecule has 0 aromatic rings. The first-order valence-electron chi connectivity index (χ1n) is 6.86. The van der Waals surface area contributed by atoms with E-state index in [9.17, 15) is 19.5 Å². The molecule has 0 saturated carbocycles. The standard InChI is InChI=1S/C13H23N3O4S/c1-5-13(3)11(19)16(12(20)15-13)6-10(18)14-8(2)9(7-17)21-4/h8-9,17H,5-7H2,1-4H3,(H,14,18)(H,15,20). The van der Waals surface area contributed by atoms with Crippen LogP contribution in [0.2, 0.25) is 0 Å². The Hall–Kier alpha value is -1.28. The quantitative estimate of drug-likeness (QED) is 0.571. The minimum atomic E-state index is -0.935. The van der Waals surface area contributed by atoms with E-state index in [2.05, 4.69) is 10.6 Å². The lowest BCUT2D eigenvalue weighted by Crippen LogP contribution is -2.48. The third-order valence-electron chi connectivity index (χ3n) is 3.78. The number of aliphatic hydroxyl groups is 1. The number of nitrogens with one attached hydrogen (secondary N) is 2. The zero-order valence-electron chi connectivity index (χ0n) is 12.8. The maximum Gasteiger partial charge on any atom is 0.325 e. The normalized spacial score (nSPS) is 24.7. The van der Waals surface area contributed by atoms with Gasteiger partial charge in [0.15, 0.2) is 0 Å². The third-order valence-corrected chi connectivity index (χ3v) is 4.95. The van der Waals surface area contributed by atoms with E-state index in [0.717, 1.165) is 4.90 Å². The molecule has 8 heteroatoms. The van der Waals surface area contributed by atoms with Crippen molar-refractivity contribution in [1.29, 1.82) is 0 Å². The molecule has 1 fully saturated rings. The fraction of sp³-hybridized carbons (Fsp3) is 0.769. The molecule has 3 unspecified atom stereocenters. The summed E-state index contributed by atoms with van der Waals surface area (Å²) in [5.41, 5.74) is -0.935. The van der Waals surface area contributed by atoms with Crippen molar-refractivity contribution in [3.63, 3.8) is 0 Å². The van der Waals surface area contributed by atoms with Gasteiger partial charge in [-0.05, 0) is 26.5 Å². The zero-order chi connectivity index (χ0) is 16.2. The van der Waals surface area contributed by atoms with E-state index in [1.165, 1.54) is 11.8 Å². The molecule has 1 saturated heterocycles. The highest BCUT2D eigenvalue weighted by atomic mass is 32.2. The average Bonchev–Trinajstić information content (AvgIpc) is 2.64. The van der Waals surface area contributed by atoms with Crippen LogP contribution in [0.3, 0.4) is 0 Å². The number of carbonyl (C=O) groups excluding carboxylic acids is 3. The van der Waals surface area contributed by atoms with Gasteiger partial charge in [-0.1, -0.05) is 6.92 Å². The van der Waals surface area contributed by atoms with Crippen LogP contribution in [-0.2, 0) is 9.59 Å². The van der Waals surface area contributed by atoms with Gasteiger partial charge in [0.2, 0.25) is 5.91 Å². The molecule has 1 aliphatic rings. The van der Waals surface area contributed by atoms with Crippen molar-refractivity contribution in [2.24, 2.45) is 0 Å². The average molecular weight is 317 g/mol. The maximum absolute atomic E-state index is 12.2. The van der Waals surface area contributed by atoms with Gasteiger partial charge < -0.3 is 15.7 Å². The highest BCUT2D eigenvalue weighted by molar-refractivity contribution is 7.99. The number of nitrogens with zero attached hydrogens (tertiary/aromatic N) is 1. The number of thioether (sulfide) groups is 1. The molecule has 3 atom stereocenters. The Balaban J connectivity index is 2.63. The largest absolute Gasteiger partial charge is 0.395 e. The molecule has 0 radical (unpaired) electrons. The van der Waals surface area contributed by atoms with E-state index in [4.69, 9.17) is 0 Å². The Morgan fingerprint density at radius 3 is 2.57 bits per heavy atom. The molecule has 3 N–H and O–H groups in total. The van der Waals surface area contributed by atoms with Crippen molar-refractivity contribution in [3.05, 3.63) is 0 Å². The number of hydrogen-bond acceptors (Lipinski definition) is 5. The minimum Gasteiger partial charge on any atom is -0.395 e. The molecule has 0 aromatic carbocycles. The Kier molecular flexibility index (Phi) is 6.03. The second-order valence-corrected chi connectivity index (χ2v) is 6.40. The number of rotatable bonds is 7. The molecule has 0 aromatic heterocycles. The Bertz CT molecular complexity index is 428. The summed E-state index contributed by atoms with van der Waals surface area (Å²) in [6.07, 6.45) is 2.30. The van der Waals surface area contributed by atoms with E-state index in [0.29, 0.717) is 6.42 Å². The van der Waals surface area contributed by atoms with Crippen LogP contribution in [0, 0.1) is 0 Å². The van der Waals surface area contributed by atoms with E-state index in [-0.39, 0.29) is 30.4 Å². The summed E-state index contributed by atoms with van der Waals surface area (Å²) in [4.78, 5) is 36.8. The number of urea groups is 1. The predicted molar refractivity (Wildman–Crippen MR) is 80.9 cm³/mol. The zero-order valence-corrected chi connectivity index (χ0v) is 13.6. The minimum absolute atomic E-state index is 0.0559. The molecule has 1 aliphatic heterocycles. The van der Waals surface area contributed by atoms with Crippen LogP contribution in [0.5, 0.6) is 0 Å². The summed E-state index contributed by atoms with van der Waals surface area (Å²) in [5.74, 6) is -0.805. The van der Waals surface area contributed by atoms with Crippen LogP contribution in [0.15, 0.2) is 0 Å². The number of amides is 4. The third kappa shape index (κ3) is 3.88. The van der Waals surface area contributed by atoms with Gasteiger partial charge in [-0.25, -0.2) is 4.79 Å². The molecule has 4 amide bonds. The monoisotopic (exact) mass is 317 g/mol. The lowest BCUT2D eigenvalue weighted by Gasteiger charge is -2.23. The van der Waals surface area contributed by atoms with Gasteiger partial charge in [-0.15, -0.1) is 0 Å². The summed E-state index contributed by atoms with van der Waals surface area (Å²) >= 11 is 1.44. The van der Waals surface area contributed by atoms with Crippen molar-refractivity contribution >= 4 is 29.6 Å². The Morgan fingerprint density at radius 2 is 2.14 bits per heavy atom. The molecular formula is C13H23N3O4S. The smallest absolute Gasteiger partial charge is 0.325 e. The fourth-order valence-electron chi connectivity index (χ4n) is 2.10. The molecule has 7 nitrogen and oxygen atoms in total. The topological polar surface area (TPSA) is 98.7 Å². The first kappa shape index (κ1) is 17.8. The summed E-state index contributed by atoms with van der Waals surface area (Å²) in [6.45, 7) is 4.85. The van der Waals surface area contributed by atoms with Crippen LogP contribution < -0.4 is 10.6 Å². The van der Waals surface area contributed by atoms with Gasteiger partial charge in [0.05, 0.1) is 6.61 Å². The van der Waals surface area contributed by atoms with E-state index in [1.54, 1.807) is 20.8 Å². The first-order valence-corrected chi connectivity index (χ1v) is 8.15.